The zero-order chi connectivity index (χ0) is 29.7. The molecule has 0 radical (unpaired) electrons. The Balaban J connectivity index is 1.62. The van der Waals surface area contributed by atoms with Crippen LogP contribution in [0.15, 0.2) is 72.8 Å². The first-order chi connectivity index (χ1) is 19.5. The Hall–Kier alpha value is -3.89. The average molecular weight is 570 g/mol. The number of likely N-dealkylation sites (N-methyl/N-ethyl adjacent to an activating group) is 1. The van der Waals surface area contributed by atoms with E-state index in [1.165, 1.54) is 24.1 Å². The number of rotatable bonds is 5. The second-order valence-electron chi connectivity index (χ2n) is 10.4. The Morgan fingerprint density at radius 2 is 1.73 bits per heavy atom. The molecule has 1 heterocycles. The minimum Gasteiger partial charge on any atom is -0.394 e. The largest absolute Gasteiger partial charge is 0.416 e. The molecular formula is C31H34F3N3O4. The molecule has 1 aliphatic rings. The molecule has 3 aromatic carbocycles. The lowest BCUT2D eigenvalue weighted by Gasteiger charge is -2.35. The summed E-state index contributed by atoms with van der Waals surface area (Å²) in [6, 6.07) is 18.3. The first-order valence-corrected chi connectivity index (χ1v) is 13.4. The normalized spacial score (nSPS) is 18.5. The molecule has 3 amide bonds. The number of fused-ring (bicyclic) bond motifs is 3. The quantitative estimate of drug-likeness (QED) is 0.401. The topological polar surface area (TPSA) is 82.1 Å². The lowest BCUT2D eigenvalue weighted by Crippen LogP contribution is -2.48. The van der Waals surface area contributed by atoms with Crippen LogP contribution in [0, 0.1) is 5.92 Å². The molecule has 7 nitrogen and oxygen atoms in total. The average Bonchev–Trinajstić information content (AvgIpc) is 2.97. The fourth-order valence-electron chi connectivity index (χ4n) is 4.90. The highest BCUT2D eigenvalue weighted by molar-refractivity contribution is 6.01. The van der Waals surface area contributed by atoms with Crippen molar-refractivity contribution in [2.75, 3.05) is 32.1 Å². The van der Waals surface area contributed by atoms with E-state index in [4.69, 9.17) is 4.74 Å². The van der Waals surface area contributed by atoms with Crippen molar-refractivity contribution in [2.45, 2.75) is 38.8 Å². The fraction of sp³-hybridized carbons (Fsp3) is 0.355. The van der Waals surface area contributed by atoms with Crippen molar-refractivity contribution in [3.05, 3.63) is 89.5 Å². The molecule has 0 saturated heterocycles. The minimum atomic E-state index is -4.53. The second kappa shape index (κ2) is 12.7. The van der Waals surface area contributed by atoms with Crippen LogP contribution in [0.3, 0.4) is 0 Å². The monoisotopic (exact) mass is 569 g/mol. The number of aliphatic hydroxyl groups excluding tert-OH is 1. The first-order valence-electron chi connectivity index (χ1n) is 13.4. The lowest BCUT2D eigenvalue weighted by molar-refractivity contribution is -0.137. The standard InChI is InChI=1S/C31H34F3N3O4/c1-20-16-37(21(2)18-38)29(39)27-14-7-6-13-26(27)25-12-5-4-9-22(25)19-41-28(20)17-36(3)30(40)35-24-11-8-10-23(15-24)31(32,33)34/h4-15,20-21,28,38H,16-19H2,1-3H3,(H,35,40)/t20-,21+,28-/m0/s1. The maximum Gasteiger partial charge on any atom is 0.416 e. The molecule has 0 spiro atoms. The van der Waals surface area contributed by atoms with Gasteiger partial charge in [-0.1, -0.05) is 55.5 Å². The molecule has 0 fully saturated rings. The number of anilines is 1. The number of urea groups is 1. The molecule has 3 aromatic rings. The minimum absolute atomic E-state index is 0.0216. The highest BCUT2D eigenvalue weighted by Crippen LogP contribution is 2.32. The van der Waals surface area contributed by atoms with Crippen molar-refractivity contribution in [3.8, 4) is 11.1 Å². The van der Waals surface area contributed by atoms with Crippen LogP contribution >= 0.6 is 0 Å². The summed E-state index contributed by atoms with van der Waals surface area (Å²) in [5.74, 6) is -0.491. The molecule has 0 unspecified atom stereocenters. The number of nitrogens with one attached hydrogen (secondary N) is 1. The lowest BCUT2D eigenvalue weighted by atomic mass is 9.94. The molecule has 2 N–H and O–H groups in total. The van der Waals surface area contributed by atoms with Gasteiger partial charge in [-0.2, -0.15) is 13.2 Å². The molecule has 3 atom stereocenters. The van der Waals surface area contributed by atoms with Crippen molar-refractivity contribution in [3.63, 3.8) is 0 Å². The van der Waals surface area contributed by atoms with Crippen LogP contribution < -0.4 is 5.32 Å². The summed E-state index contributed by atoms with van der Waals surface area (Å²) >= 11 is 0. The van der Waals surface area contributed by atoms with Gasteiger partial charge >= 0.3 is 12.2 Å². The molecular weight excluding hydrogens is 535 g/mol. The molecule has 0 aromatic heterocycles. The van der Waals surface area contributed by atoms with Gasteiger partial charge in [-0.15, -0.1) is 0 Å². The van der Waals surface area contributed by atoms with E-state index in [0.29, 0.717) is 5.56 Å². The zero-order valence-electron chi connectivity index (χ0n) is 23.2. The predicted molar refractivity (Wildman–Crippen MR) is 150 cm³/mol. The van der Waals surface area contributed by atoms with Crippen molar-refractivity contribution >= 4 is 17.6 Å². The van der Waals surface area contributed by atoms with E-state index >= 15 is 0 Å². The van der Waals surface area contributed by atoms with Crippen LogP contribution in [0.25, 0.3) is 11.1 Å². The number of benzene rings is 3. The number of amides is 3. The van der Waals surface area contributed by atoms with E-state index in [2.05, 4.69) is 5.32 Å². The number of alkyl halides is 3. The molecule has 0 aliphatic carbocycles. The molecule has 41 heavy (non-hydrogen) atoms. The zero-order valence-corrected chi connectivity index (χ0v) is 23.2. The molecule has 1 aliphatic heterocycles. The maximum atomic E-state index is 13.9. The van der Waals surface area contributed by atoms with Crippen LogP contribution in [-0.2, 0) is 17.5 Å². The Morgan fingerprint density at radius 1 is 1.07 bits per heavy atom. The summed E-state index contributed by atoms with van der Waals surface area (Å²) in [5.41, 5.74) is 2.15. The van der Waals surface area contributed by atoms with Crippen molar-refractivity contribution in [2.24, 2.45) is 5.92 Å². The smallest absolute Gasteiger partial charge is 0.394 e. The van der Waals surface area contributed by atoms with Gasteiger partial charge in [-0.3, -0.25) is 4.79 Å². The van der Waals surface area contributed by atoms with Crippen molar-refractivity contribution in [1.82, 2.24) is 9.80 Å². The Bertz CT molecular complexity index is 1380. The third kappa shape index (κ3) is 7.07. The maximum absolute atomic E-state index is 13.9. The van der Waals surface area contributed by atoms with Gasteiger partial charge in [-0.05, 0) is 47.9 Å². The van der Waals surface area contributed by atoms with Crippen LogP contribution in [0.4, 0.5) is 23.7 Å². The number of aliphatic hydroxyl groups is 1. The number of ether oxygens (including phenoxy) is 1. The highest BCUT2D eigenvalue weighted by Gasteiger charge is 2.32. The summed E-state index contributed by atoms with van der Waals surface area (Å²) < 4.78 is 45.8. The fourth-order valence-corrected chi connectivity index (χ4v) is 4.90. The van der Waals surface area contributed by atoms with Crippen LogP contribution in [0.2, 0.25) is 0 Å². The molecule has 4 rings (SSSR count). The number of halogens is 3. The summed E-state index contributed by atoms with van der Waals surface area (Å²) in [7, 11) is 1.53. The van der Waals surface area contributed by atoms with E-state index in [9.17, 15) is 27.9 Å². The van der Waals surface area contributed by atoms with Crippen molar-refractivity contribution in [1.29, 1.82) is 0 Å². The third-order valence-electron chi connectivity index (χ3n) is 7.34. The van der Waals surface area contributed by atoms with E-state index in [1.807, 2.05) is 49.4 Å². The number of carbonyl (C=O) groups excluding carboxylic acids is 2. The number of nitrogens with zero attached hydrogens (tertiary/aromatic N) is 2. The van der Waals surface area contributed by atoms with Gasteiger partial charge in [0.2, 0.25) is 0 Å². The van der Waals surface area contributed by atoms with Crippen LogP contribution in [-0.4, -0.2) is 65.7 Å². The molecule has 0 bridgehead atoms. The summed E-state index contributed by atoms with van der Waals surface area (Å²) in [6.45, 7) is 4.01. The molecule has 218 valence electrons. The second-order valence-corrected chi connectivity index (χ2v) is 10.4. The summed E-state index contributed by atoms with van der Waals surface area (Å²) in [5, 5.41) is 12.5. The molecule has 10 heteroatoms. The van der Waals surface area contributed by atoms with Gasteiger partial charge in [-0.25, -0.2) is 4.79 Å². The predicted octanol–water partition coefficient (Wildman–Crippen LogP) is 5.89. The summed E-state index contributed by atoms with van der Waals surface area (Å²) in [4.78, 5) is 29.8. The first kappa shape index (κ1) is 30.1. The van der Waals surface area contributed by atoms with E-state index < -0.39 is 29.9 Å². The van der Waals surface area contributed by atoms with E-state index in [-0.39, 0.29) is 43.8 Å². The number of carbonyl (C=O) groups is 2. The van der Waals surface area contributed by atoms with Crippen LogP contribution in [0.1, 0.15) is 35.3 Å². The van der Waals surface area contributed by atoms with Gasteiger partial charge in [0.05, 0.1) is 30.9 Å². The van der Waals surface area contributed by atoms with Gasteiger partial charge in [0.25, 0.3) is 5.91 Å². The highest BCUT2D eigenvalue weighted by atomic mass is 19.4. The Morgan fingerprint density at radius 3 is 2.41 bits per heavy atom. The SMILES string of the molecule is C[C@H](CO)N1C[C@H](C)[C@H](CN(C)C(=O)Nc2cccc(C(F)(F)F)c2)OCc2ccccc2-c2ccccc2C1=O. The Kier molecular flexibility index (Phi) is 9.35. The number of hydrogen-bond acceptors (Lipinski definition) is 4. The van der Waals surface area contributed by atoms with E-state index in [0.717, 1.165) is 28.8 Å². The third-order valence-corrected chi connectivity index (χ3v) is 7.34. The van der Waals surface area contributed by atoms with Gasteiger partial charge in [0, 0.05) is 37.3 Å². The summed E-state index contributed by atoms with van der Waals surface area (Å²) in [6.07, 6.45) is -5.07. The van der Waals surface area contributed by atoms with E-state index in [1.54, 1.807) is 17.9 Å². The number of hydrogen-bond donors (Lipinski definition) is 2. The Labute approximate surface area is 237 Å². The molecule has 0 saturated carbocycles. The van der Waals surface area contributed by atoms with Gasteiger partial charge < -0.3 is 25.0 Å². The van der Waals surface area contributed by atoms with Gasteiger partial charge in [0.1, 0.15) is 0 Å². The van der Waals surface area contributed by atoms with Crippen LogP contribution in [0.5, 0.6) is 0 Å². The van der Waals surface area contributed by atoms with Crippen molar-refractivity contribution < 1.29 is 32.6 Å². The van der Waals surface area contributed by atoms with Gasteiger partial charge in [0.15, 0.2) is 0 Å².